The standard InChI is InChI=1S/C27H23ClN4O3/c1-35-21-12-9-18(10-13-21)26-22(17-32(30-26)19-6-3-2-4-7-19)27(34)29-24-16-20(11-14-23(24)28)31-15-5-8-25(31)33/h2-4,6-7,9-14,16-17H,5,8,15H2,1H3,(H,29,34). The normalized spacial score (nSPS) is 13.2. The monoisotopic (exact) mass is 486 g/mol. The van der Waals surface area contributed by atoms with Crippen LogP contribution >= 0.6 is 11.6 Å². The van der Waals surface area contributed by atoms with E-state index in [0.29, 0.717) is 46.4 Å². The molecule has 0 radical (unpaired) electrons. The van der Waals surface area contributed by atoms with Crippen LogP contribution in [0.2, 0.25) is 5.02 Å². The summed E-state index contributed by atoms with van der Waals surface area (Å²) in [6, 6.07) is 22.2. The molecule has 1 aliphatic rings. The average Bonchev–Trinajstić information content (AvgIpc) is 3.53. The van der Waals surface area contributed by atoms with Crippen molar-refractivity contribution in [2.45, 2.75) is 12.8 Å². The lowest BCUT2D eigenvalue weighted by Crippen LogP contribution is -2.23. The van der Waals surface area contributed by atoms with Gasteiger partial charge in [-0.2, -0.15) is 5.10 Å². The summed E-state index contributed by atoms with van der Waals surface area (Å²) in [5, 5.41) is 8.01. The van der Waals surface area contributed by atoms with Crippen LogP contribution in [-0.4, -0.2) is 35.2 Å². The van der Waals surface area contributed by atoms with Gasteiger partial charge in [0.2, 0.25) is 5.91 Å². The third-order valence-corrected chi connectivity index (χ3v) is 6.26. The highest BCUT2D eigenvalue weighted by Gasteiger charge is 2.24. The van der Waals surface area contributed by atoms with E-state index in [9.17, 15) is 9.59 Å². The second-order valence-electron chi connectivity index (χ2n) is 8.17. The minimum Gasteiger partial charge on any atom is -0.497 e. The van der Waals surface area contributed by atoms with Gasteiger partial charge in [-0.25, -0.2) is 4.68 Å². The number of ether oxygens (including phenoxy) is 1. The number of nitrogens with zero attached hydrogens (tertiary/aromatic N) is 3. The molecular weight excluding hydrogens is 464 g/mol. The van der Waals surface area contributed by atoms with E-state index >= 15 is 0 Å². The van der Waals surface area contributed by atoms with Gasteiger partial charge in [0.1, 0.15) is 11.4 Å². The third kappa shape index (κ3) is 4.63. The van der Waals surface area contributed by atoms with Crippen molar-refractivity contribution < 1.29 is 14.3 Å². The molecule has 8 heteroatoms. The van der Waals surface area contributed by atoms with E-state index in [1.54, 1.807) is 41.1 Å². The average molecular weight is 487 g/mol. The first-order chi connectivity index (χ1) is 17.0. The zero-order valence-electron chi connectivity index (χ0n) is 19.1. The maximum Gasteiger partial charge on any atom is 0.259 e. The largest absolute Gasteiger partial charge is 0.497 e. The number of nitrogens with one attached hydrogen (secondary N) is 1. The smallest absolute Gasteiger partial charge is 0.259 e. The number of hydrogen-bond donors (Lipinski definition) is 1. The van der Waals surface area contributed by atoms with Gasteiger partial charge in [0, 0.05) is 30.4 Å². The number of rotatable bonds is 6. The number of methoxy groups -OCH3 is 1. The molecule has 0 spiro atoms. The number of amides is 2. The van der Waals surface area contributed by atoms with Crippen molar-refractivity contribution in [3.8, 4) is 22.7 Å². The molecule has 1 N–H and O–H groups in total. The van der Waals surface area contributed by atoms with Crippen molar-refractivity contribution >= 4 is 34.8 Å². The van der Waals surface area contributed by atoms with E-state index in [2.05, 4.69) is 5.32 Å². The van der Waals surface area contributed by atoms with Gasteiger partial charge < -0.3 is 15.0 Å². The zero-order valence-corrected chi connectivity index (χ0v) is 19.8. The Labute approximate surface area is 207 Å². The Balaban J connectivity index is 1.51. The summed E-state index contributed by atoms with van der Waals surface area (Å²) >= 11 is 6.41. The summed E-state index contributed by atoms with van der Waals surface area (Å²) in [6.07, 6.45) is 3.03. The minimum atomic E-state index is -0.357. The van der Waals surface area contributed by atoms with Crippen LogP contribution in [0.5, 0.6) is 5.75 Å². The van der Waals surface area contributed by atoms with Crippen molar-refractivity contribution in [1.82, 2.24) is 9.78 Å². The third-order valence-electron chi connectivity index (χ3n) is 5.93. The molecule has 35 heavy (non-hydrogen) atoms. The van der Waals surface area contributed by atoms with E-state index < -0.39 is 0 Å². The molecule has 7 nitrogen and oxygen atoms in total. The van der Waals surface area contributed by atoms with Gasteiger partial charge in [-0.15, -0.1) is 0 Å². The summed E-state index contributed by atoms with van der Waals surface area (Å²) in [7, 11) is 1.60. The number of aromatic nitrogens is 2. The highest BCUT2D eigenvalue weighted by molar-refractivity contribution is 6.34. The molecule has 0 unspecified atom stereocenters. The quantitative estimate of drug-likeness (QED) is 0.386. The van der Waals surface area contributed by atoms with Gasteiger partial charge >= 0.3 is 0 Å². The van der Waals surface area contributed by atoms with Gasteiger partial charge in [0.15, 0.2) is 0 Å². The van der Waals surface area contributed by atoms with Crippen LogP contribution in [0.1, 0.15) is 23.2 Å². The number of carbonyl (C=O) groups is 2. The summed E-state index contributed by atoms with van der Waals surface area (Å²) in [5.41, 5.74) is 3.65. The van der Waals surface area contributed by atoms with Crippen LogP contribution in [-0.2, 0) is 4.79 Å². The van der Waals surface area contributed by atoms with Crippen molar-refractivity contribution in [1.29, 1.82) is 0 Å². The lowest BCUT2D eigenvalue weighted by molar-refractivity contribution is -0.117. The molecule has 1 aliphatic heterocycles. The Morgan fingerprint density at radius 2 is 1.80 bits per heavy atom. The molecule has 2 heterocycles. The van der Waals surface area contributed by atoms with Gasteiger partial charge in [0.25, 0.3) is 5.91 Å². The van der Waals surface area contributed by atoms with Gasteiger partial charge in [0.05, 0.1) is 29.1 Å². The number of para-hydroxylation sites is 1. The number of carbonyl (C=O) groups excluding carboxylic acids is 2. The lowest BCUT2D eigenvalue weighted by atomic mass is 10.1. The Kier molecular flexibility index (Phi) is 6.25. The van der Waals surface area contributed by atoms with Crippen molar-refractivity contribution in [2.75, 3.05) is 23.9 Å². The number of hydrogen-bond acceptors (Lipinski definition) is 4. The summed E-state index contributed by atoms with van der Waals surface area (Å²) in [5.74, 6) is 0.419. The van der Waals surface area contributed by atoms with Crippen LogP contribution in [0.15, 0.2) is 79.0 Å². The van der Waals surface area contributed by atoms with Crippen LogP contribution in [0.3, 0.4) is 0 Å². The molecule has 1 fully saturated rings. The predicted molar refractivity (Wildman–Crippen MR) is 137 cm³/mol. The van der Waals surface area contributed by atoms with Crippen LogP contribution < -0.4 is 15.0 Å². The van der Waals surface area contributed by atoms with Gasteiger partial charge in [-0.3, -0.25) is 9.59 Å². The Morgan fingerprint density at radius 1 is 1.03 bits per heavy atom. The van der Waals surface area contributed by atoms with E-state index in [4.69, 9.17) is 21.4 Å². The first kappa shape index (κ1) is 22.7. The second-order valence-corrected chi connectivity index (χ2v) is 8.57. The Hall–Kier alpha value is -4.10. The number of halogens is 1. The van der Waals surface area contributed by atoms with Gasteiger partial charge in [-0.05, 0) is 61.0 Å². The zero-order chi connectivity index (χ0) is 24.4. The second kappa shape index (κ2) is 9.64. The first-order valence-electron chi connectivity index (χ1n) is 11.2. The molecule has 176 valence electrons. The van der Waals surface area contributed by atoms with Crippen molar-refractivity contribution in [2.24, 2.45) is 0 Å². The lowest BCUT2D eigenvalue weighted by Gasteiger charge is -2.17. The molecule has 0 bridgehead atoms. The maximum absolute atomic E-state index is 13.5. The molecule has 3 aromatic carbocycles. The fraction of sp³-hybridized carbons (Fsp3) is 0.148. The molecule has 1 saturated heterocycles. The molecule has 0 aliphatic carbocycles. The number of benzene rings is 3. The molecular formula is C27H23ClN4O3. The van der Waals surface area contributed by atoms with E-state index in [1.165, 1.54) is 0 Å². The molecule has 5 rings (SSSR count). The summed E-state index contributed by atoms with van der Waals surface area (Å²) in [6.45, 7) is 0.652. The molecule has 0 atom stereocenters. The van der Waals surface area contributed by atoms with Crippen molar-refractivity contribution in [3.63, 3.8) is 0 Å². The molecule has 2 amide bonds. The predicted octanol–water partition coefficient (Wildman–Crippen LogP) is 5.58. The SMILES string of the molecule is COc1ccc(-c2nn(-c3ccccc3)cc2C(=O)Nc2cc(N3CCCC3=O)ccc2Cl)cc1. The topological polar surface area (TPSA) is 76.5 Å². The fourth-order valence-electron chi connectivity index (χ4n) is 4.10. The van der Waals surface area contributed by atoms with Crippen LogP contribution in [0.4, 0.5) is 11.4 Å². The summed E-state index contributed by atoms with van der Waals surface area (Å²) in [4.78, 5) is 27.4. The van der Waals surface area contributed by atoms with E-state index in [-0.39, 0.29) is 11.8 Å². The summed E-state index contributed by atoms with van der Waals surface area (Å²) < 4.78 is 6.94. The minimum absolute atomic E-state index is 0.0653. The first-order valence-corrected chi connectivity index (χ1v) is 11.6. The Bertz CT molecular complexity index is 1380. The molecule has 4 aromatic rings. The van der Waals surface area contributed by atoms with E-state index in [0.717, 1.165) is 17.7 Å². The highest BCUT2D eigenvalue weighted by atomic mass is 35.5. The maximum atomic E-state index is 13.5. The molecule has 1 aromatic heterocycles. The van der Waals surface area contributed by atoms with Crippen LogP contribution in [0.25, 0.3) is 16.9 Å². The van der Waals surface area contributed by atoms with Gasteiger partial charge in [-0.1, -0.05) is 29.8 Å². The number of anilines is 2. The fourth-order valence-corrected chi connectivity index (χ4v) is 4.27. The molecule has 0 saturated carbocycles. The highest BCUT2D eigenvalue weighted by Crippen LogP contribution is 2.32. The Morgan fingerprint density at radius 3 is 2.49 bits per heavy atom. The van der Waals surface area contributed by atoms with Crippen LogP contribution in [0, 0.1) is 0 Å². The van der Waals surface area contributed by atoms with E-state index in [1.807, 2.05) is 54.6 Å². The van der Waals surface area contributed by atoms with Crippen molar-refractivity contribution in [3.05, 3.63) is 89.6 Å².